The molecule has 3 rings (SSSR count). The first-order valence-electron chi connectivity index (χ1n) is 9.82. The van der Waals surface area contributed by atoms with Crippen LogP contribution in [0.25, 0.3) is 10.8 Å². The number of primary amides is 1. The second-order valence-corrected chi connectivity index (χ2v) is 7.54. The van der Waals surface area contributed by atoms with Crippen LogP contribution >= 0.6 is 0 Å². The summed E-state index contributed by atoms with van der Waals surface area (Å²) in [6.07, 6.45) is 0.186. The first-order valence-corrected chi connectivity index (χ1v) is 9.82. The summed E-state index contributed by atoms with van der Waals surface area (Å²) in [7, 11) is 0. The highest BCUT2D eigenvalue weighted by Gasteiger charge is 2.24. The molecule has 0 radical (unpaired) electrons. The molecule has 0 unspecified atom stereocenters. The van der Waals surface area contributed by atoms with E-state index in [9.17, 15) is 14.4 Å². The molecule has 6 heteroatoms. The normalized spacial score (nSPS) is 11.8. The predicted molar refractivity (Wildman–Crippen MR) is 118 cm³/mol. The van der Waals surface area contributed by atoms with Gasteiger partial charge in [0.1, 0.15) is 6.04 Å². The van der Waals surface area contributed by atoms with Crippen molar-refractivity contribution in [2.75, 3.05) is 5.32 Å². The van der Waals surface area contributed by atoms with E-state index in [4.69, 9.17) is 5.73 Å². The van der Waals surface area contributed by atoms with Crippen molar-refractivity contribution in [1.29, 1.82) is 0 Å². The van der Waals surface area contributed by atoms with Gasteiger partial charge in [-0.15, -0.1) is 0 Å². The van der Waals surface area contributed by atoms with E-state index in [-0.39, 0.29) is 24.2 Å². The van der Waals surface area contributed by atoms with Crippen LogP contribution in [0.2, 0.25) is 0 Å². The summed E-state index contributed by atoms with van der Waals surface area (Å²) in [5, 5.41) is 7.73. The molecule has 3 amide bonds. The Labute approximate surface area is 175 Å². The molecule has 30 heavy (non-hydrogen) atoms. The first kappa shape index (κ1) is 21.0. The third-order valence-electron chi connectivity index (χ3n) is 4.93. The van der Waals surface area contributed by atoms with Gasteiger partial charge in [0.2, 0.25) is 17.7 Å². The summed E-state index contributed by atoms with van der Waals surface area (Å²) in [5.74, 6) is -1.17. The van der Waals surface area contributed by atoms with Crippen molar-refractivity contribution in [2.24, 2.45) is 11.7 Å². The third-order valence-corrected chi connectivity index (χ3v) is 4.93. The van der Waals surface area contributed by atoms with Gasteiger partial charge in [-0.05, 0) is 46.5 Å². The molecule has 3 aromatic carbocycles. The van der Waals surface area contributed by atoms with Crippen LogP contribution in [-0.4, -0.2) is 23.8 Å². The number of fused-ring (bicyclic) bond motifs is 1. The van der Waals surface area contributed by atoms with Gasteiger partial charge >= 0.3 is 0 Å². The van der Waals surface area contributed by atoms with Crippen molar-refractivity contribution >= 4 is 34.2 Å². The van der Waals surface area contributed by atoms with E-state index in [1.807, 2.05) is 56.3 Å². The summed E-state index contributed by atoms with van der Waals surface area (Å²) < 4.78 is 0. The molecular weight excluding hydrogens is 378 g/mol. The number of hydrogen-bond acceptors (Lipinski definition) is 3. The van der Waals surface area contributed by atoms with Gasteiger partial charge in [-0.1, -0.05) is 56.3 Å². The van der Waals surface area contributed by atoms with Gasteiger partial charge in [-0.25, -0.2) is 0 Å². The van der Waals surface area contributed by atoms with Crippen LogP contribution < -0.4 is 16.4 Å². The Hall–Kier alpha value is -3.67. The van der Waals surface area contributed by atoms with Crippen LogP contribution in [0.4, 0.5) is 5.69 Å². The van der Waals surface area contributed by atoms with E-state index in [1.165, 1.54) is 0 Å². The van der Waals surface area contributed by atoms with Crippen LogP contribution in [0.3, 0.4) is 0 Å². The summed E-state index contributed by atoms with van der Waals surface area (Å²) in [5.41, 5.74) is 7.03. The molecule has 0 saturated carbocycles. The molecule has 0 aromatic heterocycles. The van der Waals surface area contributed by atoms with E-state index in [2.05, 4.69) is 10.6 Å². The van der Waals surface area contributed by atoms with Crippen LogP contribution in [0.15, 0.2) is 66.7 Å². The summed E-state index contributed by atoms with van der Waals surface area (Å²) in [4.78, 5) is 36.6. The quantitative estimate of drug-likeness (QED) is 0.564. The lowest BCUT2D eigenvalue weighted by atomic mass is 10.00. The number of rotatable bonds is 7. The van der Waals surface area contributed by atoms with Gasteiger partial charge in [-0.2, -0.15) is 0 Å². The fraction of sp³-hybridized carbons (Fsp3) is 0.208. The molecule has 1 atom stereocenters. The molecule has 154 valence electrons. The largest absolute Gasteiger partial charge is 0.366 e. The smallest absolute Gasteiger partial charge is 0.248 e. The monoisotopic (exact) mass is 403 g/mol. The lowest BCUT2D eigenvalue weighted by Crippen LogP contribution is -2.47. The Morgan fingerprint density at radius 3 is 2.23 bits per heavy atom. The Kier molecular flexibility index (Phi) is 6.47. The van der Waals surface area contributed by atoms with Crippen molar-refractivity contribution in [3.8, 4) is 0 Å². The molecule has 0 bridgehead atoms. The maximum Gasteiger partial charge on any atom is 0.248 e. The van der Waals surface area contributed by atoms with Gasteiger partial charge in [0.05, 0.1) is 6.42 Å². The molecule has 6 nitrogen and oxygen atoms in total. The van der Waals surface area contributed by atoms with Crippen molar-refractivity contribution in [3.63, 3.8) is 0 Å². The number of carbonyl (C=O) groups is 3. The Morgan fingerprint density at radius 2 is 1.57 bits per heavy atom. The predicted octanol–water partition coefficient (Wildman–Crippen LogP) is 3.26. The summed E-state index contributed by atoms with van der Waals surface area (Å²) in [6.45, 7) is 3.75. The minimum Gasteiger partial charge on any atom is -0.366 e. The lowest BCUT2D eigenvalue weighted by Gasteiger charge is -2.22. The Morgan fingerprint density at radius 1 is 0.900 bits per heavy atom. The number of amides is 3. The van der Waals surface area contributed by atoms with Crippen LogP contribution in [0, 0.1) is 5.92 Å². The first-order chi connectivity index (χ1) is 14.3. The fourth-order valence-electron chi connectivity index (χ4n) is 3.32. The van der Waals surface area contributed by atoms with Gasteiger partial charge in [0.15, 0.2) is 0 Å². The maximum absolute atomic E-state index is 12.8. The molecule has 4 N–H and O–H groups in total. The second-order valence-electron chi connectivity index (χ2n) is 7.54. The second kappa shape index (κ2) is 9.22. The molecule has 3 aromatic rings. The highest BCUT2D eigenvalue weighted by atomic mass is 16.2. The minimum atomic E-state index is -0.691. The number of nitrogens with one attached hydrogen (secondary N) is 2. The zero-order chi connectivity index (χ0) is 21.7. The number of hydrogen-bond donors (Lipinski definition) is 3. The van der Waals surface area contributed by atoms with E-state index in [0.717, 1.165) is 16.3 Å². The number of benzene rings is 3. The van der Waals surface area contributed by atoms with Gasteiger partial charge in [-0.3, -0.25) is 14.4 Å². The van der Waals surface area contributed by atoms with Crippen molar-refractivity contribution < 1.29 is 14.4 Å². The maximum atomic E-state index is 12.8. The average molecular weight is 403 g/mol. The van der Waals surface area contributed by atoms with Crippen molar-refractivity contribution in [3.05, 3.63) is 77.9 Å². The average Bonchev–Trinajstić information content (AvgIpc) is 2.72. The van der Waals surface area contributed by atoms with Gasteiger partial charge in [0, 0.05) is 11.3 Å². The van der Waals surface area contributed by atoms with E-state index < -0.39 is 11.9 Å². The van der Waals surface area contributed by atoms with Crippen LogP contribution in [0.1, 0.15) is 29.8 Å². The molecular formula is C24H25N3O3. The molecule has 0 heterocycles. The zero-order valence-corrected chi connectivity index (χ0v) is 17.0. The zero-order valence-electron chi connectivity index (χ0n) is 17.0. The Balaban J connectivity index is 1.69. The summed E-state index contributed by atoms with van der Waals surface area (Å²) in [6, 6.07) is 19.3. The van der Waals surface area contributed by atoms with Crippen LogP contribution in [0.5, 0.6) is 0 Å². The van der Waals surface area contributed by atoms with Crippen LogP contribution in [-0.2, 0) is 16.0 Å². The van der Waals surface area contributed by atoms with E-state index in [1.54, 1.807) is 24.3 Å². The molecule has 0 saturated heterocycles. The highest BCUT2D eigenvalue weighted by molar-refractivity contribution is 5.99. The summed E-state index contributed by atoms with van der Waals surface area (Å²) >= 11 is 0. The molecule has 0 aliphatic rings. The minimum absolute atomic E-state index is 0.105. The lowest BCUT2D eigenvalue weighted by molar-refractivity contribution is -0.127. The Bertz CT molecular complexity index is 1070. The highest BCUT2D eigenvalue weighted by Crippen LogP contribution is 2.19. The van der Waals surface area contributed by atoms with Gasteiger partial charge < -0.3 is 16.4 Å². The van der Waals surface area contributed by atoms with Crippen molar-refractivity contribution in [1.82, 2.24) is 5.32 Å². The molecule has 0 spiro atoms. The number of nitrogens with two attached hydrogens (primary N) is 1. The fourth-order valence-corrected chi connectivity index (χ4v) is 3.32. The molecule has 0 fully saturated rings. The molecule has 0 aliphatic carbocycles. The number of anilines is 1. The van der Waals surface area contributed by atoms with E-state index >= 15 is 0 Å². The SMILES string of the molecule is CC(C)[C@H](NC(=O)Cc1cccc2ccccc12)C(=O)Nc1ccc(C(N)=O)cc1. The van der Waals surface area contributed by atoms with Gasteiger partial charge in [0.25, 0.3) is 0 Å². The molecule has 0 aliphatic heterocycles. The van der Waals surface area contributed by atoms with Crippen molar-refractivity contribution in [2.45, 2.75) is 26.3 Å². The standard InChI is InChI=1S/C24H25N3O3/c1-15(2)22(24(30)26-19-12-10-17(11-13-19)23(25)29)27-21(28)14-18-8-5-7-16-6-3-4-9-20(16)18/h3-13,15,22H,14H2,1-2H3,(H2,25,29)(H,26,30)(H,27,28)/t22-/m0/s1. The third kappa shape index (κ3) is 5.03. The van der Waals surface area contributed by atoms with E-state index in [0.29, 0.717) is 11.3 Å². The number of carbonyl (C=O) groups excluding carboxylic acids is 3. The topological polar surface area (TPSA) is 101 Å².